The fraction of sp³-hybridized carbons (Fsp3) is 0.190. The van der Waals surface area contributed by atoms with Gasteiger partial charge in [-0.05, 0) is 17.7 Å². The Bertz CT molecular complexity index is 1060. The summed E-state index contributed by atoms with van der Waals surface area (Å²) in [6.45, 7) is -0.317. The van der Waals surface area contributed by atoms with Crippen LogP contribution in [0.1, 0.15) is 15.9 Å². The van der Waals surface area contributed by atoms with E-state index in [0.717, 1.165) is 5.56 Å². The first-order valence-electron chi connectivity index (χ1n) is 8.81. The number of hydrogen-bond acceptors (Lipinski definition) is 5. The summed E-state index contributed by atoms with van der Waals surface area (Å²) in [6.07, 6.45) is 1.54. The van der Waals surface area contributed by atoms with Crippen LogP contribution < -0.4 is 5.32 Å². The van der Waals surface area contributed by atoms with E-state index in [1.165, 1.54) is 13.3 Å². The number of ether oxygens (including phenoxy) is 2. The average Bonchev–Trinajstić information content (AvgIpc) is 3.09. The summed E-state index contributed by atoms with van der Waals surface area (Å²) in [5, 5.41) is 3.86. The van der Waals surface area contributed by atoms with E-state index in [2.05, 4.69) is 5.32 Å². The van der Waals surface area contributed by atoms with E-state index in [1.54, 1.807) is 47.0 Å². The minimum Gasteiger partial charge on any atom is -0.465 e. The lowest BCUT2D eigenvalue weighted by Crippen LogP contribution is -2.29. The Kier molecular flexibility index (Phi) is 6.51. The molecule has 0 bridgehead atoms. The number of nitrogens with zero attached hydrogens (tertiary/aromatic N) is 1. The molecule has 0 atom stereocenters. The van der Waals surface area contributed by atoms with Crippen LogP contribution in [0.15, 0.2) is 54.7 Å². The van der Waals surface area contributed by atoms with Crippen LogP contribution >= 0.6 is 11.6 Å². The van der Waals surface area contributed by atoms with Gasteiger partial charge in [0.2, 0.25) is 0 Å². The Balaban J connectivity index is 1.58. The van der Waals surface area contributed by atoms with Gasteiger partial charge in [0.1, 0.15) is 6.54 Å². The maximum atomic E-state index is 12.2. The number of carbonyl (C=O) groups is 3. The molecule has 3 aromatic rings. The third-order valence-corrected chi connectivity index (χ3v) is 4.66. The molecule has 3 rings (SSSR count). The standard InChI is InChI=1S/C21H19ClN2O5/c1-28-21(27)16-11-24(18-9-5-3-7-15(16)18)12-20(26)29-13-19(25)23-10-14-6-2-4-8-17(14)22/h2-9,11H,10,12-13H2,1H3,(H,23,25). The van der Waals surface area contributed by atoms with E-state index in [0.29, 0.717) is 21.5 Å². The van der Waals surface area contributed by atoms with Gasteiger partial charge in [-0.2, -0.15) is 0 Å². The molecule has 1 aromatic heterocycles. The number of benzene rings is 2. The number of carbonyl (C=O) groups excluding carboxylic acids is 3. The summed E-state index contributed by atoms with van der Waals surface area (Å²) in [5.74, 6) is -1.53. The maximum absolute atomic E-state index is 12.2. The lowest BCUT2D eigenvalue weighted by atomic mass is 10.2. The second-order valence-electron chi connectivity index (χ2n) is 6.21. The number of halogens is 1. The topological polar surface area (TPSA) is 86.6 Å². The number of hydrogen-bond donors (Lipinski definition) is 1. The van der Waals surface area contributed by atoms with Crippen LogP contribution in [0.3, 0.4) is 0 Å². The van der Waals surface area contributed by atoms with Crippen LogP contribution in [0, 0.1) is 0 Å². The van der Waals surface area contributed by atoms with Gasteiger partial charge in [0.05, 0.1) is 12.7 Å². The fourth-order valence-corrected chi connectivity index (χ4v) is 3.07. The molecule has 0 unspecified atom stereocenters. The molecular weight excluding hydrogens is 396 g/mol. The quantitative estimate of drug-likeness (QED) is 0.601. The van der Waals surface area contributed by atoms with Crippen LogP contribution in [-0.2, 0) is 32.2 Å². The minimum atomic E-state index is -0.602. The molecular formula is C21H19ClN2O5. The SMILES string of the molecule is COC(=O)c1cn(CC(=O)OCC(=O)NCc2ccccc2Cl)c2ccccc12. The first-order valence-corrected chi connectivity index (χ1v) is 9.19. The van der Waals surface area contributed by atoms with Gasteiger partial charge < -0.3 is 19.4 Å². The molecule has 1 amide bonds. The van der Waals surface area contributed by atoms with E-state index < -0.39 is 24.5 Å². The highest BCUT2D eigenvalue weighted by molar-refractivity contribution is 6.31. The number of methoxy groups -OCH3 is 1. The molecule has 0 spiro atoms. The minimum absolute atomic E-state index is 0.144. The third kappa shape index (κ3) is 4.94. The number of esters is 2. The molecule has 1 heterocycles. The van der Waals surface area contributed by atoms with Gasteiger partial charge in [-0.1, -0.05) is 48.0 Å². The number of fused-ring (bicyclic) bond motifs is 1. The van der Waals surface area contributed by atoms with E-state index in [4.69, 9.17) is 21.1 Å². The van der Waals surface area contributed by atoms with Crippen LogP contribution in [0.4, 0.5) is 0 Å². The maximum Gasteiger partial charge on any atom is 0.340 e. The Morgan fingerprint density at radius 2 is 1.79 bits per heavy atom. The summed E-state index contributed by atoms with van der Waals surface area (Å²) in [4.78, 5) is 36.0. The van der Waals surface area contributed by atoms with Gasteiger partial charge in [-0.3, -0.25) is 9.59 Å². The number of nitrogens with one attached hydrogen (secondary N) is 1. The summed E-state index contributed by atoms with van der Waals surface area (Å²) in [5.41, 5.74) is 1.81. The molecule has 7 nitrogen and oxygen atoms in total. The monoisotopic (exact) mass is 414 g/mol. The van der Waals surface area contributed by atoms with Crippen LogP contribution in [-0.4, -0.2) is 36.1 Å². The Morgan fingerprint density at radius 1 is 1.07 bits per heavy atom. The van der Waals surface area contributed by atoms with Crippen LogP contribution in [0.5, 0.6) is 0 Å². The predicted octanol–water partition coefficient (Wildman–Crippen LogP) is 2.94. The van der Waals surface area contributed by atoms with Crippen molar-refractivity contribution in [2.45, 2.75) is 13.1 Å². The van der Waals surface area contributed by atoms with Crippen molar-refractivity contribution in [3.05, 3.63) is 70.9 Å². The van der Waals surface area contributed by atoms with Crippen molar-refractivity contribution < 1.29 is 23.9 Å². The molecule has 0 aliphatic carbocycles. The molecule has 2 aromatic carbocycles. The van der Waals surface area contributed by atoms with Gasteiger partial charge in [0.25, 0.3) is 5.91 Å². The van der Waals surface area contributed by atoms with Gasteiger partial charge in [-0.15, -0.1) is 0 Å². The van der Waals surface area contributed by atoms with Crippen molar-refractivity contribution in [3.8, 4) is 0 Å². The van der Waals surface area contributed by atoms with Crippen molar-refractivity contribution in [1.82, 2.24) is 9.88 Å². The molecule has 0 aliphatic rings. The molecule has 8 heteroatoms. The van der Waals surface area contributed by atoms with Crippen LogP contribution in [0.25, 0.3) is 10.9 Å². The summed E-state index contributed by atoms with van der Waals surface area (Å²) in [6, 6.07) is 14.3. The lowest BCUT2D eigenvalue weighted by Gasteiger charge is -2.09. The molecule has 0 fully saturated rings. The summed E-state index contributed by atoms with van der Waals surface area (Å²) < 4.78 is 11.4. The van der Waals surface area contributed by atoms with Crippen molar-refractivity contribution >= 4 is 40.3 Å². The number of aromatic nitrogens is 1. The smallest absolute Gasteiger partial charge is 0.340 e. The molecule has 0 saturated heterocycles. The number of amides is 1. The zero-order valence-corrected chi connectivity index (χ0v) is 16.4. The molecule has 0 saturated carbocycles. The van der Waals surface area contributed by atoms with Gasteiger partial charge in [0, 0.05) is 28.7 Å². The van der Waals surface area contributed by atoms with Gasteiger partial charge in [-0.25, -0.2) is 4.79 Å². The average molecular weight is 415 g/mol. The third-order valence-electron chi connectivity index (χ3n) is 4.29. The van der Waals surface area contributed by atoms with E-state index in [-0.39, 0.29) is 13.1 Å². The normalized spacial score (nSPS) is 10.6. The lowest BCUT2D eigenvalue weighted by molar-refractivity contribution is -0.149. The number of para-hydroxylation sites is 1. The second-order valence-corrected chi connectivity index (χ2v) is 6.62. The van der Waals surface area contributed by atoms with Crippen LogP contribution in [0.2, 0.25) is 5.02 Å². The van der Waals surface area contributed by atoms with Gasteiger partial charge >= 0.3 is 11.9 Å². The first kappa shape index (κ1) is 20.4. The molecule has 150 valence electrons. The summed E-state index contributed by atoms with van der Waals surface area (Å²) >= 11 is 6.04. The largest absolute Gasteiger partial charge is 0.465 e. The highest BCUT2D eigenvalue weighted by atomic mass is 35.5. The fourth-order valence-electron chi connectivity index (χ4n) is 2.87. The van der Waals surface area contributed by atoms with Crippen molar-refractivity contribution in [2.75, 3.05) is 13.7 Å². The van der Waals surface area contributed by atoms with Gasteiger partial charge in [0.15, 0.2) is 6.61 Å². The van der Waals surface area contributed by atoms with Crippen molar-refractivity contribution in [1.29, 1.82) is 0 Å². The highest BCUT2D eigenvalue weighted by Gasteiger charge is 2.17. The summed E-state index contributed by atoms with van der Waals surface area (Å²) in [7, 11) is 1.30. The second kappa shape index (κ2) is 9.25. The van der Waals surface area contributed by atoms with Crippen molar-refractivity contribution in [2.24, 2.45) is 0 Å². The van der Waals surface area contributed by atoms with E-state index in [1.807, 2.05) is 6.07 Å². The Labute approximate surface area is 172 Å². The Morgan fingerprint density at radius 3 is 2.55 bits per heavy atom. The molecule has 29 heavy (non-hydrogen) atoms. The van der Waals surface area contributed by atoms with E-state index >= 15 is 0 Å². The Hall–Kier alpha value is -3.32. The predicted molar refractivity (Wildman–Crippen MR) is 108 cm³/mol. The zero-order valence-electron chi connectivity index (χ0n) is 15.7. The molecule has 0 aliphatic heterocycles. The zero-order chi connectivity index (χ0) is 20.8. The molecule has 1 N–H and O–H groups in total. The highest BCUT2D eigenvalue weighted by Crippen LogP contribution is 2.22. The molecule has 0 radical (unpaired) electrons. The number of rotatable bonds is 7. The first-order chi connectivity index (χ1) is 14.0. The van der Waals surface area contributed by atoms with E-state index in [9.17, 15) is 14.4 Å². The van der Waals surface area contributed by atoms with Crippen molar-refractivity contribution in [3.63, 3.8) is 0 Å².